The number of amides is 1. The van der Waals surface area contributed by atoms with Crippen molar-refractivity contribution < 1.29 is 4.79 Å². The fraction of sp³-hybridized carbons (Fsp3) is 0.263. The van der Waals surface area contributed by atoms with Crippen LogP contribution in [0.15, 0.2) is 42.6 Å². The first kappa shape index (κ1) is 18.8. The van der Waals surface area contributed by atoms with Crippen molar-refractivity contribution in [3.8, 4) is 5.69 Å². The zero-order chi connectivity index (χ0) is 19.4. The average molecular weight is 385 g/mol. The molecule has 0 fully saturated rings. The Bertz CT molecular complexity index is 916. The maximum Gasteiger partial charge on any atom is 0.259 e. The molecule has 7 nitrogen and oxygen atoms in total. The van der Waals surface area contributed by atoms with E-state index in [9.17, 15) is 4.79 Å². The maximum atomic E-state index is 13.0. The number of anilines is 2. The summed E-state index contributed by atoms with van der Waals surface area (Å²) in [6, 6.07) is 11.4. The van der Waals surface area contributed by atoms with Gasteiger partial charge in [0.05, 0.1) is 11.9 Å². The number of nitrogens with one attached hydrogen (secondary N) is 1. The molecule has 2 heterocycles. The molecular weight excluding hydrogens is 364 g/mol. The van der Waals surface area contributed by atoms with E-state index in [1.165, 1.54) is 0 Å². The van der Waals surface area contributed by atoms with Gasteiger partial charge in [0.25, 0.3) is 5.91 Å². The summed E-state index contributed by atoms with van der Waals surface area (Å²) in [5.41, 5.74) is 2.02. The van der Waals surface area contributed by atoms with E-state index in [1.807, 2.05) is 51.1 Å². The molecule has 1 aromatic carbocycles. The van der Waals surface area contributed by atoms with Gasteiger partial charge in [-0.25, -0.2) is 14.6 Å². The lowest BCUT2D eigenvalue weighted by molar-refractivity contribution is 0.0774. The van der Waals surface area contributed by atoms with Crippen molar-refractivity contribution in [2.45, 2.75) is 20.8 Å². The second-order valence-electron chi connectivity index (χ2n) is 5.92. The number of aryl methyl sites for hydroxylation is 1. The van der Waals surface area contributed by atoms with Crippen molar-refractivity contribution in [2.75, 3.05) is 18.4 Å². The fourth-order valence-electron chi connectivity index (χ4n) is 2.79. The Morgan fingerprint density at radius 2 is 1.89 bits per heavy atom. The molecule has 0 aliphatic rings. The molecule has 0 bridgehead atoms. The van der Waals surface area contributed by atoms with Crippen molar-refractivity contribution in [1.82, 2.24) is 24.6 Å². The van der Waals surface area contributed by atoms with Crippen LogP contribution in [0.5, 0.6) is 0 Å². The van der Waals surface area contributed by atoms with Gasteiger partial charge >= 0.3 is 0 Å². The molecule has 0 atom stereocenters. The van der Waals surface area contributed by atoms with E-state index in [4.69, 9.17) is 11.6 Å². The van der Waals surface area contributed by atoms with Gasteiger partial charge in [0, 0.05) is 24.8 Å². The largest absolute Gasteiger partial charge is 0.339 e. The van der Waals surface area contributed by atoms with Crippen LogP contribution in [0.3, 0.4) is 0 Å². The molecule has 0 saturated heterocycles. The summed E-state index contributed by atoms with van der Waals surface area (Å²) in [6.07, 6.45) is 1.58. The van der Waals surface area contributed by atoms with E-state index in [-0.39, 0.29) is 11.2 Å². The molecule has 1 N–H and O–H groups in total. The van der Waals surface area contributed by atoms with Crippen molar-refractivity contribution in [1.29, 1.82) is 0 Å². The Kier molecular flexibility index (Phi) is 5.71. The molecule has 0 aliphatic carbocycles. The molecule has 140 valence electrons. The molecule has 3 aromatic rings. The lowest BCUT2D eigenvalue weighted by Gasteiger charge is -2.19. The van der Waals surface area contributed by atoms with Gasteiger partial charge in [-0.3, -0.25) is 4.79 Å². The van der Waals surface area contributed by atoms with Gasteiger partial charge in [0.1, 0.15) is 17.2 Å². The van der Waals surface area contributed by atoms with Gasteiger partial charge in [-0.15, -0.1) is 0 Å². The number of benzene rings is 1. The van der Waals surface area contributed by atoms with Crippen molar-refractivity contribution in [2.24, 2.45) is 0 Å². The Morgan fingerprint density at radius 1 is 1.19 bits per heavy atom. The minimum atomic E-state index is -0.0958. The maximum absolute atomic E-state index is 13.0. The number of hydrogen-bond donors (Lipinski definition) is 1. The van der Waals surface area contributed by atoms with Gasteiger partial charge in [-0.05, 0) is 44.5 Å². The highest BCUT2D eigenvalue weighted by atomic mass is 35.5. The second kappa shape index (κ2) is 8.18. The van der Waals surface area contributed by atoms with Crippen LogP contribution < -0.4 is 5.32 Å². The summed E-state index contributed by atoms with van der Waals surface area (Å²) in [6.45, 7) is 6.95. The third-order valence-corrected chi connectivity index (χ3v) is 4.29. The topological polar surface area (TPSA) is 75.9 Å². The first-order valence-corrected chi connectivity index (χ1v) is 9.12. The van der Waals surface area contributed by atoms with Gasteiger partial charge in [0.2, 0.25) is 5.28 Å². The highest BCUT2D eigenvalue weighted by molar-refractivity contribution is 6.28. The first-order chi connectivity index (χ1) is 13.0. The van der Waals surface area contributed by atoms with E-state index in [0.29, 0.717) is 30.3 Å². The SMILES string of the molecule is CCN(CC)C(=O)c1cnn(-c2ccccc2)c1Nc1cc(C)nc(Cl)n1. The minimum absolute atomic E-state index is 0.0958. The van der Waals surface area contributed by atoms with Crippen molar-refractivity contribution >= 4 is 29.1 Å². The minimum Gasteiger partial charge on any atom is -0.339 e. The molecule has 0 unspecified atom stereocenters. The predicted octanol–water partition coefficient (Wildman–Crippen LogP) is 3.85. The number of carbonyl (C=O) groups excluding carboxylic acids is 1. The van der Waals surface area contributed by atoms with Crippen LogP contribution in [0, 0.1) is 6.92 Å². The van der Waals surface area contributed by atoms with Gasteiger partial charge in [-0.2, -0.15) is 5.10 Å². The lowest BCUT2D eigenvalue weighted by Crippen LogP contribution is -2.30. The standard InChI is InChI=1S/C19H21ClN6O/c1-4-25(5-2)18(27)15-12-21-26(14-9-7-6-8-10-14)17(15)23-16-11-13(3)22-19(20)24-16/h6-12H,4-5H2,1-3H3,(H,22,23,24). The number of nitrogens with zero attached hydrogens (tertiary/aromatic N) is 5. The van der Waals surface area contributed by atoms with Gasteiger partial charge in [-0.1, -0.05) is 18.2 Å². The molecule has 3 rings (SSSR count). The first-order valence-electron chi connectivity index (χ1n) is 8.74. The molecular formula is C19H21ClN6O. The van der Waals surface area contributed by atoms with Gasteiger partial charge in [0.15, 0.2) is 0 Å². The highest BCUT2D eigenvalue weighted by Crippen LogP contribution is 2.25. The number of para-hydroxylation sites is 1. The molecule has 27 heavy (non-hydrogen) atoms. The van der Waals surface area contributed by atoms with E-state index < -0.39 is 0 Å². The third kappa shape index (κ3) is 4.09. The van der Waals surface area contributed by atoms with Crippen LogP contribution in [-0.2, 0) is 0 Å². The third-order valence-electron chi connectivity index (χ3n) is 4.12. The van der Waals surface area contributed by atoms with Crippen LogP contribution in [0.1, 0.15) is 29.9 Å². The average Bonchev–Trinajstić information content (AvgIpc) is 3.06. The monoisotopic (exact) mass is 384 g/mol. The van der Waals surface area contributed by atoms with E-state index in [0.717, 1.165) is 11.4 Å². The number of rotatable bonds is 6. The summed E-state index contributed by atoms with van der Waals surface area (Å²) < 4.78 is 1.68. The zero-order valence-corrected chi connectivity index (χ0v) is 16.2. The number of hydrogen-bond acceptors (Lipinski definition) is 5. The van der Waals surface area contributed by atoms with E-state index in [2.05, 4.69) is 20.4 Å². The summed E-state index contributed by atoms with van der Waals surface area (Å²) in [7, 11) is 0. The van der Waals surface area contributed by atoms with Crippen LogP contribution in [0.4, 0.5) is 11.6 Å². The number of aromatic nitrogens is 4. The molecule has 1 amide bonds. The summed E-state index contributed by atoms with van der Waals surface area (Å²) in [5, 5.41) is 7.77. The second-order valence-corrected chi connectivity index (χ2v) is 6.26. The summed E-state index contributed by atoms with van der Waals surface area (Å²) in [5.74, 6) is 0.938. The number of carbonyl (C=O) groups is 1. The molecule has 0 radical (unpaired) electrons. The normalized spacial score (nSPS) is 10.7. The lowest BCUT2D eigenvalue weighted by atomic mass is 10.2. The fourth-order valence-corrected chi connectivity index (χ4v) is 3.01. The highest BCUT2D eigenvalue weighted by Gasteiger charge is 2.22. The van der Waals surface area contributed by atoms with Crippen LogP contribution in [-0.4, -0.2) is 43.6 Å². The molecule has 8 heteroatoms. The molecule has 0 aliphatic heterocycles. The van der Waals surface area contributed by atoms with E-state index in [1.54, 1.807) is 21.8 Å². The van der Waals surface area contributed by atoms with Crippen LogP contribution in [0.25, 0.3) is 5.69 Å². The Hall–Kier alpha value is -2.93. The van der Waals surface area contributed by atoms with E-state index >= 15 is 0 Å². The Morgan fingerprint density at radius 3 is 2.52 bits per heavy atom. The Labute approximate surface area is 163 Å². The summed E-state index contributed by atoms with van der Waals surface area (Å²) >= 11 is 5.98. The van der Waals surface area contributed by atoms with Crippen molar-refractivity contribution in [3.63, 3.8) is 0 Å². The van der Waals surface area contributed by atoms with Crippen LogP contribution >= 0.6 is 11.6 Å². The molecule has 2 aromatic heterocycles. The number of halogens is 1. The zero-order valence-electron chi connectivity index (χ0n) is 15.5. The smallest absolute Gasteiger partial charge is 0.259 e. The quantitative estimate of drug-likeness (QED) is 0.653. The Balaban J connectivity index is 2.09. The summed E-state index contributed by atoms with van der Waals surface area (Å²) in [4.78, 5) is 23.0. The van der Waals surface area contributed by atoms with Gasteiger partial charge < -0.3 is 10.2 Å². The molecule has 0 saturated carbocycles. The predicted molar refractivity (Wildman–Crippen MR) is 106 cm³/mol. The van der Waals surface area contributed by atoms with Crippen LogP contribution in [0.2, 0.25) is 5.28 Å². The molecule has 0 spiro atoms. The van der Waals surface area contributed by atoms with Crippen molar-refractivity contribution in [3.05, 3.63) is 59.1 Å².